The molecule has 5 heteroatoms. The maximum Gasteiger partial charge on any atom is 0.236 e. The second-order valence-corrected chi connectivity index (χ2v) is 3.46. The lowest BCUT2D eigenvalue weighted by molar-refractivity contribution is -0.122. The van der Waals surface area contributed by atoms with Crippen LogP contribution in [0.2, 0.25) is 0 Å². The highest BCUT2D eigenvalue weighted by atomic mass is 16.2. The smallest absolute Gasteiger partial charge is 0.236 e. The fraction of sp³-hybridized carbons (Fsp3) is 0.556. The van der Waals surface area contributed by atoms with Gasteiger partial charge in [0.2, 0.25) is 5.91 Å². The summed E-state index contributed by atoms with van der Waals surface area (Å²) < 4.78 is 1.91. The van der Waals surface area contributed by atoms with Crippen LogP contribution in [0.15, 0.2) is 18.7 Å². The van der Waals surface area contributed by atoms with Crippen LogP contribution in [0.25, 0.3) is 0 Å². The topological polar surface area (TPSA) is 72.9 Å². The molecule has 1 rings (SSSR count). The van der Waals surface area contributed by atoms with E-state index in [-0.39, 0.29) is 11.9 Å². The van der Waals surface area contributed by atoms with E-state index in [1.807, 2.05) is 17.7 Å². The molecule has 2 atom stereocenters. The monoisotopic (exact) mass is 196 g/mol. The lowest BCUT2D eigenvalue weighted by Crippen LogP contribution is -2.44. The summed E-state index contributed by atoms with van der Waals surface area (Å²) in [5.41, 5.74) is 5.43. The predicted octanol–water partition coefficient (Wildman–Crippen LogP) is -0.265. The van der Waals surface area contributed by atoms with Crippen molar-refractivity contribution in [2.24, 2.45) is 5.73 Å². The van der Waals surface area contributed by atoms with Gasteiger partial charge in [-0.3, -0.25) is 4.79 Å². The van der Waals surface area contributed by atoms with Crippen LogP contribution in [0, 0.1) is 0 Å². The van der Waals surface area contributed by atoms with Gasteiger partial charge in [0.05, 0.1) is 12.4 Å². The Bertz CT molecular complexity index is 281. The molecule has 14 heavy (non-hydrogen) atoms. The van der Waals surface area contributed by atoms with E-state index >= 15 is 0 Å². The van der Waals surface area contributed by atoms with E-state index in [1.54, 1.807) is 19.4 Å². The van der Waals surface area contributed by atoms with Gasteiger partial charge in [0.1, 0.15) is 0 Å². The second-order valence-electron chi connectivity index (χ2n) is 3.46. The van der Waals surface area contributed by atoms with Gasteiger partial charge in [0.15, 0.2) is 0 Å². The third kappa shape index (κ3) is 3.18. The van der Waals surface area contributed by atoms with Crippen molar-refractivity contribution >= 4 is 5.91 Å². The van der Waals surface area contributed by atoms with Crippen LogP contribution in [0.4, 0.5) is 0 Å². The molecule has 1 amide bonds. The number of imidazole rings is 1. The molecule has 5 nitrogen and oxygen atoms in total. The van der Waals surface area contributed by atoms with Crippen LogP contribution in [0.5, 0.6) is 0 Å². The van der Waals surface area contributed by atoms with Gasteiger partial charge in [0.25, 0.3) is 0 Å². The quantitative estimate of drug-likeness (QED) is 0.696. The third-order valence-electron chi connectivity index (χ3n) is 1.85. The van der Waals surface area contributed by atoms with Gasteiger partial charge in [-0.2, -0.15) is 0 Å². The average molecular weight is 196 g/mol. The highest BCUT2D eigenvalue weighted by Crippen LogP contribution is 1.91. The molecular weight excluding hydrogens is 180 g/mol. The Morgan fingerprint density at radius 2 is 2.36 bits per heavy atom. The number of aromatic nitrogens is 2. The molecule has 0 bridgehead atoms. The molecule has 0 aliphatic rings. The molecule has 0 radical (unpaired) electrons. The first kappa shape index (κ1) is 10.7. The number of nitrogens with two attached hydrogens (primary N) is 1. The molecule has 0 aromatic carbocycles. The molecule has 0 saturated heterocycles. The van der Waals surface area contributed by atoms with Crippen LogP contribution in [-0.4, -0.2) is 27.5 Å². The molecule has 1 unspecified atom stereocenters. The average Bonchev–Trinajstić information content (AvgIpc) is 2.56. The first-order chi connectivity index (χ1) is 6.59. The Balaban J connectivity index is 2.36. The van der Waals surface area contributed by atoms with Crippen molar-refractivity contribution in [3.05, 3.63) is 18.7 Å². The van der Waals surface area contributed by atoms with Gasteiger partial charge < -0.3 is 15.6 Å². The predicted molar refractivity (Wildman–Crippen MR) is 53.5 cm³/mol. The Morgan fingerprint density at radius 3 is 2.86 bits per heavy atom. The van der Waals surface area contributed by atoms with Crippen molar-refractivity contribution in [3.63, 3.8) is 0 Å². The van der Waals surface area contributed by atoms with E-state index in [4.69, 9.17) is 5.73 Å². The molecule has 0 aliphatic carbocycles. The molecule has 1 aromatic rings. The van der Waals surface area contributed by atoms with Gasteiger partial charge in [-0.25, -0.2) is 4.98 Å². The summed E-state index contributed by atoms with van der Waals surface area (Å²) in [6.45, 7) is 4.30. The molecule has 0 spiro atoms. The Morgan fingerprint density at radius 1 is 1.64 bits per heavy atom. The lowest BCUT2D eigenvalue weighted by atomic mass is 10.3. The standard InChI is InChI=1S/C9H16N4O/c1-7(12-9(14)8(2)10)5-13-4-3-11-6-13/h3-4,6-8H,5,10H2,1-2H3,(H,12,14)/t7?,8-/m0/s1. The number of hydrogen-bond donors (Lipinski definition) is 2. The fourth-order valence-corrected chi connectivity index (χ4v) is 1.13. The van der Waals surface area contributed by atoms with E-state index in [2.05, 4.69) is 10.3 Å². The molecular formula is C9H16N4O. The molecule has 78 valence electrons. The van der Waals surface area contributed by atoms with Crippen molar-refractivity contribution in [2.75, 3.05) is 0 Å². The zero-order chi connectivity index (χ0) is 10.6. The molecule has 1 heterocycles. The maximum absolute atomic E-state index is 11.2. The zero-order valence-electron chi connectivity index (χ0n) is 8.47. The fourth-order valence-electron chi connectivity index (χ4n) is 1.13. The summed E-state index contributed by atoms with van der Waals surface area (Å²) in [6.07, 6.45) is 5.28. The summed E-state index contributed by atoms with van der Waals surface area (Å²) >= 11 is 0. The second kappa shape index (κ2) is 4.76. The van der Waals surface area contributed by atoms with Gasteiger partial charge in [-0.15, -0.1) is 0 Å². The van der Waals surface area contributed by atoms with Crippen molar-refractivity contribution in [3.8, 4) is 0 Å². The third-order valence-corrected chi connectivity index (χ3v) is 1.85. The van der Waals surface area contributed by atoms with Crippen LogP contribution in [-0.2, 0) is 11.3 Å². The molecule has 0 fully saturated rings. The first-order valence-electron chi connectivity index (χ1n) is 4.61. The van der Waals surface area contributed by atoms with E-state index in [0.717, 1.165) is 0 Å². The number of rotatable bonds is 4. The first-order valence-corrected chi connectivity index (χ1v) is 4.61. The van der Waals surface area contributed by atoms with Crippen LogP contribution >= 0.6 is 0 Å². The number of carbonyl (C=O) groups is 1. The zero-order valence-corrected chi connectivity index (χ0v) is 8.47. The minimum atomic E-state index is -0.458. The van der Waals surface area contributed by atoms with Gasteiger partial charge in [0, 0.05) is 25.0 Å². The number of amides is 1. The van der Waals surface area contributed by atoms with Crippen LogP contribution in [0.1, 0.15) is 13.8 Å². The van der Waals surface area contributed by atoms with Crippen LogP contribution < -0.4 is 11.1 Å². The highest BCUT2D eigenvalue weighted by molar-refractivity contribution is 5.81. The maximum atomic E-state index is 11.2. The van der Waals surface area contributed by atoms with E-state index in [0.29, 0.717) is 6.54 Å². The van der Waals surface area contributed by atoms with Gasteiger partial charge >= 0.3 is 0 Å². The van der Waals surface area contributed by atoms with E-state index in [9.17, 15) is 4.79 Å². The Hall–Kier alpha value is -1.36. The molecule has 1 aromatic heterocycles. The van der Waals surface area contributed by atoms with Gasteiger partial charge in [-0.1, -0.05) is 0 Å². The Kier molecular flexibility index (Phi) is 3.64. The number of hydrogen-bond acceptors (Lipinski definition) is 3. The summed E-state index contributed by atoms with van der Waals surface area (Å²) in [5, 5.41) is 2.81. The van der Waals surface area contributed by atoms with Gasteiger partial charge in [-0.05, 0) is 13.8 Å². The molecule has 3 N–H and O–H groups in total. The summed E-state index contributed by atoms with van der Waals surface area (Å²) in [4.78, 5) is 15.1. The lowest BCUT2D eigenvalue weighted by Gasteiger charge is -2.15. The SMILES string of the molecule is CC(Cn1ccnc1)NC(=O)[C@H](C)N. The summed E-state index contributed by atoms with van der Waals surface area (Å²) in [5.74, 6) is -0.127. The minimum absolute atomic E-state index is 0.0581. The highest BCUT2D eigenvalue weighted by Gasteiger charge is 2.10. The van der Waals surface area contributed by atoms with Crippen molar-refractivity contribution in [1.82, 2.24) is 14.9 Å². The van der Waals surface area contributed by atoms with Crippen molar-refractivity contribution in [1.29, 1.82) is 0 Å². The summed E-state index contributed by atoms with van der Waals surface area (Å²) in [7, 11) is 0. The largest absolute Gasteiger partial charge is 0.351 e. The van der Waals surface area contributed by atoms with Crippen LogP contribution in [0.3, 0.4) is 0 Å². The number of nitrogens with one attached hydrogen (secondary N) is 1. The number of nitrogens with zero attached hydrogens (tertiary/aromatic N) is 2. The Labute approximate surface area is 83.3 Å². The van der Waals surface area contributed by atoms with E-state index in [1.165, 1.54) is 0 Å². The number of carbonyl (C=O) groups excluding carboxylic acids is 1. The molecule has 0 saturated carbocycles. The van der Waals surface area contributed by atoms with Crippen molar-refractivity contribution < 1.29 is 4.79 Å². The van der Waals surface area contributed by atoms with E-state index < -0.39 is 6.04 Å². The van der Waals surface area contributed by atoms with Crippen molar-refractivity contribution in [2.45, 2.75) is 32.5 Å². The normalized spacial score (nSPS) is 14.8. The summed E-state index contributed by atoms with van der Waals surface area (Å²) in [6, 6.07) is -0.400. The molecule has 0 aliphatic heterocycles. The minimum Gasteiger partial charge on any atom is -0.351 e.